The molecule has 0 spiro atoms. The van der Waals surface area contributed by atoms with Gasteiger partial charge in [-0.05, 0) is 18.6 Å². The number of rotatable bonds is 4. The van der Waals surface area contributed by atoms with Gasteiger partial charge in [-0.25, -0.2) is 9.37 Å². The van der Waals surface area contributed by atoms with Crippen molar-refractivity contribution in [2.45, 2.75) is 32.7 Å². The molecule has 21 heavy (non-hydrogen) atoms. The van der Waals surface area contributed by atoms with E-state index in [1.807, 2.05) is 0 Å². The summed E-state index contributed by atoms with van der Waals surface area (Å²) in [6.07, 6.45) is 2.88. The molecule has 0 amide bonds. The van der Waals surface area contributed by atoms with Gasteiger partial charge in [0.25, 0.3) is 0 Å². The van der Waals surface area contributed by atoms with Crippen molar-refractivity contribution >= 4 is 0 Å². The van der Waals surface area contributed by atoms with Gasteiger partial charge >= 0.3 is 0 Å². The number of aryl methyl sites for hydroxylation is 1. The first-order chi connectivity index (χ1) is 10.2. The Bertz CT molecular complexity index is 651. The van der Waals surface area contributed by atoms with E-state index in [2.05, 4.69) is 16.8 Å². The number of benzene rings is 1. The van der Waals surface area contributed by atoms with Crippen molar-refractivity contribution in [2.24, 2.45) is 0 Å². The molecule has 4 nitrogen and oxygen atoms in total. The Kier molecular flexibility index (Phi) is 3.92. The molecule has 0 saturated heterocycles. The SMILES string of the molecule is CCCc1nc2c(n1-c1ccc(F)c(OC)c1)CCNC2. The van der Waals surface area contributed by atoms with Gasteiger partial charge in [-0.2, -0.15) is 0 Å². The smallest absolute Gasteiger partial charge is 0.165 e. The van der Waals surface area contributed by atoms with E-state index in [1.54, 1.807) is 12.1 Å². The molecule has 0 radical (unpaired) electrons. The predicted molar refractivity (Wildman–Crippen MR) is 79.5 cm³/mol. The van der Waals surface area contributed by atoms with Crippen LogP contribution in [0.5, 0.6) is 5.75 Å². The lowest BCUT2D eigenvalue weighted by molar-refractivity contribution is 0.386. The summed E-state index contributed by atoms with van der Waals surface area (Å²) in [6.45, 7) is 3.89. The Morgan fingerprint density at radius 1 is 1.43 bits per heavy atom. The fourth-order valence-corrected chi connectivity index (χ4v) is 2.85. The van der Waals surface area contributed by atoms with E-state index in [1.165, 1.54) is 18.9 Å². The zero-order valence-electron chi connectivity index (χ0n) is 12.4. The lowest BCUT2D eigenvalue weighted by atomic mass is 10.1. The summed E-state index contributed by atoms with van der Waals surface area (Å²) in [6, 6.07) is 5.00. The van der Waals surface area contributed by atoms with E-state index >= 15 is 0 Å². The molecule has 2 aromatic rings. The molecular weight excluding hydrogens is 269 g/mol. The van der Waals surface area contributed by atoms with Gasteiger partial charge in [0.2, 0.25) is 0 Å². The topological polar surface area (TPSA) is 39.1 Å². The normalized spacial score (nSPS) is 14.0. The van der Waals surface area contributed by atoms with Gasteiger partial charge in [0.1, 0.15) is 5.82 Å². The van der Waals surface area contributed by atoms with Crippen LogP contribution in [-0.4, -0.2) is 23.2 Å². The number of nitrogens with zero attached hydrogens (tertiary/aromatic N) is 2. The van der Waals surface area contributed by atoms with Gasteiger partial charge in [0.15, 0.2) is 11.6 Å². The minimum Gasteiger partial charge on any atom is -0.494 e. The van der Waals surface area contributed by atoms with Crippen molar-refractivity contribution in [3.8, 4) is 11.4 Å². The first-order valence-corrected chi connectivity index (χ1v) is 7.38. The molecule has 1 aromatic heterocycles. The summed E-state index contributed by atoms with van der Waals surface area (Å²) in [5.74, 6) is 0.972. The van der Waals surface area contributed by atoms with Crippen molar-refractivity contribution in [3.63, 3.8) is 0 Å². The first kappa shape index (κ1) is 14.1. The quantitative estimate of drug-likeness (QED) is 0.940. The third-order valence-corrected chi connectivity index (χ3v) is 3.82. The van der Waals surface area contributed by atoms with Crippen molar-refractivity contribution in [1.82, 2.24) is 14.9 Å². The van der Waals surface area contributed by atoms with Crippen LogP contribution in [-0.2, 0) is 19.4 Å². The fraction of sp³-hybridized carbons (Fsp3) is 0.438. The maximum Gasteiger partial charge on any atom is 0.165 e. The van der Waals surface area contributed by atoms with E-state index in [4.69, 9.17) is 9.72 Å². The van der Waals surface area contributed by atoms with Gasteiger partial charge in [0.05, 0.1) is 18.5 Å². The van der Waals surface area contributed by atoms with Crippen LogP contribution in [0.25, 0.3) is 5.69 Å². The molecule has 1 aliphatic heterocycles. The Labute approximate surface area is 124 Å². The van der Waals surface area contributed by atoms with E-state index in [9.17, 15) is 4.39 Å². The summed E-state index contributed by atoms with van der Waals surface area (Å²) in [7, 11) is 1.49. The average Bonchev–Trinajstić information content (AvgIpc) is 2.86. The van der Waals surface area contributed by atoms with E-state index < -0.39 is 0 Å². The van der Waals surface area contributed by atoms with Crippen LogP contribution in [0.3, 0.4) is 0 Å². The van der Waals surface area contributed by atoms with Gasteiger partial charge in [-0.15, -0.1) is 0 Å². The second kappa shape index (κ2) is 5.85. The lowest BCUT2D eigenvalue weighted by Gasteiger charge is -2.17. The third kappa shape index (κ3) is 2.53. The van der Waals surface area contributed by atoms with Crippen molar-refractivity contribution < 1.29 is 9.13 Å². The van der Waals surface area contributed by atoms with Crippen LogP contribution in [0.2, 0.25) is 0 Å². The van der Waals surface area contributed by atoms with E-state index in [0.29, 0.717) is 0 Å². The number of methoxy groups -OCH3 is 1. The summed E-state index contributed by atoms with van der Waals surface area (Å²) < 4.78 is 20.9. The highest BCUT2D eigenvalue weighted by Gasteiger charge is 2.21. The third-order valence-electron chi connectivity index (χ3n) is 3.82. The number of halogens is 1. The van der Waals surface area contributed by atoms with Crippen LogP contribution < -0.4 is 10.1 Å². The average molecular weight is 289 g/mol. The van der Waals surface area contributed by atoms with Crippen molar-refractivity contribution in [3.05, 3.63) is 41.2 Å². The fourth-order valence-electron chi connectivity index (χ4n) is 2.85. The molecule has 1 aliphatic rings. The molecule has 2 heterocycles. The number of hydrogen-bond acceptors (Lipinski definition) is 3. The van der Waals surface area contributed by atoms with Crippen LogP contribution in [0.1, 0.15) is 30.6 Å². The van der Waals surface area contributed by atoms with Gasteiger partial charge in [0, 0.05) is 37.7 Å². The van der Waals surface area contributed by atoms with Gasteiger partial charge in [-0.1, -0.05) is 6.92 Å². The van der Waals surface area contributed by atoms with Gasteiger partial charge in [-0.3, -0.25) is 0 Å². The summed E-state index contributed by atoms with van der Waals surface area (Å²) in [4.78, 5) is 4.76. The maximum absolute atomic E-state index is 13.6. The molecule has 112 valence electrons. The van der Waals surface area contributed by atoms with Crippen molar-refractivity contribution in [1.29, 1.82) is 0 Å². The molecule has 0 atom stereocenters. The zero-order chi connectivity index (χ0) is 14.8. The first-order valence-electron chi connectivity index (χ1n) is 7.38. The zero-order valence-corrected chi connectivity index (χ0v) is 12.4. The lowest BCUT2D eigenvalue weighted by Crippen LogP contribution is -2.24. The Morgan fingerprint density at radius 3 is 3.05 bits per heavy atom. The Balaban J connectivity index is 2.13. The highest BCUT2D eigenvalue weighted by Crippen LogP contribution is 2.26. The molecule has 0 fully saturated rings. The Hall–Kier alpha value is -1.88. The summed E-state index contributed by atoms with van der Waals surface area (Å²) in [5.41, 5.74) is 3.26. The molecule has 0 bridgehead atoms. The summed E-state index contributed by atoms with van der Waals surface area (Å²) in [5, 5.41) is 3.35. The molecule has 1 aromatic carbocycles. The van der Waals surface area contributed by atoms with Crippen molar-refractivity contribution in [2.75, 3.05) is 13.7 Å². The summed E-state index contributed by atoms with van der Waals surface area (Å²) >= 11 is 0. The van der Waals surface area contributed by atoms with Crippen LogP contribution in [0, 0.1) is 5.82 Å². The van der Waals surface area contributed by atoms with Crippen LogP contribution in [0.4, 0.5) is 4.39 Å². The number of hydrogen-bond donors (Lipinski definition) is 1. The molecule has 0 unspecified atom stereocenters. The molecule has 3 rings (SSSR count). The van der Waals surface area contributed by atoms with Crippen LogP contribution in [0.15, 0.2) is 18.2 Å². The molecule has 5 heteroatoms. The number of nitrogens with one attached hydrogen (secondary N) is 1. The number of imidazole rings is 1. The van der Waals surface area contributed by atoms with E-state index in [-0.39, 0.29) is 11.6 Å². The monoisotopic (exact) mass is 289 g/mol. The molecule has 0 aliphatic carbocycles. The Morgan fingerprint density at radius 2 is 2.29 bits per heavy atom. The number of fused-ring (bicyclic) bond motifs is 1. The number of ether oxygens (including phenoxy) is 1. The number of aromatic nitrogens is 2. The highest BCUT2D eigenvalue weighted by molar-refractivity contribution is 5.44. The van der Waals surface area contributed by atoms with E-state index in [0.717, 1.165) is 49.6 Å². The standard InChI is InChI=1S/C16H20FN3O/c1-3-4-16-19-13-10-18-8-7-14(13)20(16)11-5-6-12(17)15(9-11)21-2/h5-6,9,18H,3-4,7-8,10H2,1-2H3. The molecular formula is C16H20FN3O. The van der Waals surface area contributed by atoms with Crippen LogP contribution >= 0.6 is 0 Å². The molecule has 0 saturated carbocycles. The highest BCUT2D eigenvalue weighted by atomic mass is 19.1. The minimum absolute atomic E-state index is 0.270. The second-order valence-electron chi connectivity index (χ2n) is 5.25. The molecule has 1 N–H and O–H groups in total. The van der Waals surface area contributed by atoms with Gasteiger partial charge < -0.3 is 14.6 Å². The minimum atomic E-state index is -0.339. The maximum atomic E-state index is 13.6. The largest absolute Gasteiger partial charge is 0.494 e. The second-order valence-corrected chi connectivity index (χ2v) is 5.25. The predicted octanol–water partition coefficient (Wildman–Crippen LogP) is 2.62.